The molecular weight excluding hydrogens is 232 g/mol. The Labute approximate surface area is 103 Å². The fraction of sp³-hybridized carbons (Fsp3) is 0.231. The Hall–Kier alpha value is -2.14. The molecule has 1 heterocycles. The van der Waals surface area contributed by atoms with Crippen LogP contribution in [0.15, 0.2) is 35.1 Å². The van der Waals surface area contributed by atoms with E-state index in [1.54, 1.807) is 37.3 Å². The SMILES string of the molecule is CC(O)CNC(=O)c1cc2ccccc2c(=O)[nH]1. The van der Waals surface area contributed by atoms with E-state index in [2.05, 4.69) is 10.3 Å². The van der Waals surface area contributed by atoms with Crippen molar-refractivity contribution in [1.82, 2.24) is 10.3 Å². The van der Waals surface area contributed by atoms with Crippen LogP contribution in [0.1, 0.15) is 17.4 Å². The van der Waals surface area contributed by atoms with Gasteiger partial charge in [0.1, 0.15) is 5.69 Å². The number of hydrogen-bond donors (Lipinski definition) is 3. The molecule has 0 spiro atoms. The number of nitrogens with one attached hydrogen (secondary N) is 2. The maximum Gasteiger partial charge on any atom is 0.267 e. The minimum absolute atomic E-state index is 0.147. The molecule has 1 aromatic heterocycles. The highest BCUT2D eigenvalue weighted by Crippen LogP contribution is 2.09. The van der Waals surface area contributed by atoms with Crippen molar-refractivity contribution >= 4 is 16.7 Å². The molecule has 0 saturated carbocycles. The highest BCUT2D eigenvalue weighted by Gasteiger charge is 2.09. The van der Waals surface area contributed by atoms with Crippen molar-refractivity contribution < 1.29 is 9.90 Å². The molecule has 0 aliphatic heterocycles. The fourth-order valence-corrected chi connectivity index (χ4v) is 1.67. The van der Waals surface area contributed by atoms with Gasteiger partial charge in [0.2, 0.25) is 0 Å². The molecule has 0 bridgehead atoms. The monoisotopic (exact) mass is 246 g/mol. The Bertz CT molecular complexity index is 631. The molecule has 18 heavy (non-hydrogen) atoms. The lowest BCUT2D eigenvalue weighted by Gasteiger charge is -2.07. The Kier molecular flexibility index (Phi) is 3.43. The van der Waals surface area contributed by atoms with E-state index >= 15 is 0 Å². The highest BCUT2D eigenvalue weighted by molar-refractivity contribution is 5.96. The first-order chi connectivity index (χ1) is 8.58. The third-order valence-electron chi connectivity index (χ3n) is 2.56. The summed E-state index contributed by atoms with van der Waals surface area (Å²) in [6.07, 6.45) is -0.624. The Morgan fingerprint density at radius 2 is 2.17 bits per heavy atom. The number of aromatic amines is 1. The first-order valence-electron chi connectivity index (χ1n) is 5.66. The van der Waals surface area contributed by atoms with Gasteiger partial charge >= 0.3 is 0 Å². The third-order valence-corrected chi connectivity index (χ3v) is 2.56. The number of aliphatic hydroxyl groups excluding tert-OH is 1. The second kappa shape index (κ2) is 5.01. The van der Waals surface area contributed by atoms with Gasteiger partial charge in [0.25, 0.3) is 11.5 Å². The first-order valence-corrected chi connectivity index (χ1v) is 5.66. The summed E-state index contributed by atoms with van der Waals surface area (Å²) in [6.45, 7) is 1.72. The number of aliphatic hydroxyl groups is 1. The van der Waals surface area contributed by atoms with E-state index in [9.17, 15) is 9.59 Å². The van der Waals surface area contributed by atoms with Crippen molar-refractivity contribution in [1.29, 1.82) is 0 Å². The molecule has 3 N–H and O–H groups in total. The van der Waals surface area contributed by atoms with Gasteiger partial charge in [0, 0.05) is 11.9 Å². The summed E-state index contributed by atoms with van der Waals surface area (Å²) in [6, 6.07) is 8.67. The number of rotatable bonds is 3. The lowest BCUT2D eigenvalue weighted by Crippen LogP contribution is -2.32. The lowest BCUT2D eigenvalue weighted by molar-refractivity contribution is 0.0919. The summed E-state index contributed by atoms with van der Waals surface area (Å²) in [4.78, 5) is 26.0. The van der Waals surface area contributed by atoms with E-state index < -0.39 is 12.0 Å². The Morgan fingerprint density at radius 1 is 1.44 bits per heavy atom. The number of pyridine rings is 1. The number of carbonyl (C=O) groups excluding carboxylic acids is 1. The van der Waals surface area contributed by atoms with E-state index in [1.807, 2.05) is 0 Å². The number of hydrogen-bond acceptors (Lipinski definition) is 3. The second-order valence-electron chi connectivity index (χ2n) is 4.16. The Balaban J connectivity index is 2.35. The minimum atomic E-state index is -0.624. The topological polar surface area (TPSA) is 82.2 Å². The zero-order valence-corrected chi connectivity index (χ0v) is 9.93. The maximum absolute atomic E-state index is 11.8. The number of benzene rings is 1. The Morgan fingerprint density at radius 3 is 2.89 bits per heavy atom. The summed E-state index contributed by atoms with van der Waals surface area (Å²) in [7, 11) is 0. The van der Waals surface area contributed by atoms with Gasteiger partial charge in [-0.2, -0.15) is 0 Å². The number of aromatic nitrogens is 1. The predicted molar refractivity (Wildman–Crippen MR) is 68.6 cm³/mol. The molecule has 0 fully saturated rings. The molecule has 1 aromatic carbocycles. The summed E-state index contributed by atoms with van der Waals surface area (Å²) < 4.78 is 0. The van der Waals surface area contributed by atoms with Crippen LogP contribution in [0, 0.1) is 0 Å². The van der Waals surface area contributed by atoms with Crippen LogP contribution in [0.3, 0.4) is 0 Å². The van der Waals surface area contributed by atoms with Crippen LogP contribution >= 0.6 is 0 Å². The molecular formula is C13H14N2O3. The average Bonchev–Trinajstić information content (AvgIpc) is 2.36. The molecule has 5 nitrogen and oxygen atoms in total. The highest BCUT2D eigenvalue weighted by atomic mass is 16.3. The number of fused-ring (bicyclic) bond motifs is 1. The molecule has 1 amide bonds. The van der Waals surface area contributed by atoms with Crippen molar-refractivity contribution in [2.75, 3.05) is 6.54 Å². The van der Waals surface area contributed by atoms with Crippen LogP contribution in [0.2, 0.25) is 0 Å². The van der Waals surface area contributed by atoms with Crippen molar-refractivity contribution in [3.63, 3.8) is 0 Å². The molecule has 2 aromatic rings. The molecule has 1 atom stereocenters. The predicted octanol–water partition coefficient (Wildman–Crippen LogP) is 0.639. The average molecular weight is 246 g/mol. The largest absolute Gasteiger partial charge is 0.392 e. The minimum Gasteiger partial charge on any atom is -0.392 e. The summed E-state index contributed by atoms with van der Waals surface area (Å²) >= 11 is 0. The number of carbonyl (C=O) groups is 1. The van der Waals surface area contributed by atoms with Crippen molar-refractivity contribution in [2.24, 2.45) is 0 Å². The van der Waals surface area contributed by atoms with Gasteiger partial charge in [-0.05, 0) is 24.4 Å². The summed E-state index contributed by atoms with van der Waals surface area (Å²) in [5.74, 6) is -0.404. The number of amides is 1. The molecule has 2 rings (SSSR count). The molecule has 1 unspecified atom stereocenters. The summed E-state index contributed by atoms with van der Waals surface area (Å²) in [5.41, 5.74) is -0.102. The molecule has 0 aliphatic carbocycles. The maximum atomic E-state index is 11.8. The normalized spacial score (nSPS) is 12.3. The van der Waals surface area contributed by atoms with Crippen molar-refractivity contribution in [2.45, 2.75) is 13.0 Å². The van der Waals surface area contributed by atoms with Gasteiger partial charge in [0.05, 0.1) is 6.10 Å². The van der Waals surface area contributed by atoms with Crippen LogP contribution < -0.4 is 10.9 Å². The summed E-state index contributed by atoms with van der Waals surface area (Å²) in [5, 5.41) is 12.9. The molecule has 0 saturated heterocycles. The van der Waals surface area contributed by atoms with Gasteiger partial charge < -0.3 is 15.4 Å². The van der Waals surface area contributed by atoms with Gasteiger partial charge in [-0.15, -0.1) is 0 Å². The standard InChI is InChI=1S/C13H14N2O3/c1-8(16)7-14-13(18)11-6-9-4-2-3-5-10(9)12(17)15-11/h2-6,8,16H,7H2,1H3,(H,14,18)(H,15,17). The first kappa shape index (κ1) is 12.3. The van der Waals surface area contributed by atoms with E-state index in [-0.39, 0.29) is 17.8 Å². The van der Waals surface area contributed by atoms with Crippen LogP contribution in [0.25, 0.3) is 10.8 Å². The zero-order valence-electron chi connectivity index (χ0n) is 9.93. The van der Waals surface area contributed by atoms with Crippen molar-refractivity contribution in [3.8, 4) is 0 Å². The van der Waals surface area contributed by atoms with E-state index in [0.29, 0.717) is 10.8 Å². The van der Waals surface area contributed by atoms with Crippen molar-refractivity contribution in [3.05, 3.63) is 46.4 Å². The van der Waals surface area contributed by atoms with Gasteiger partial charge in [-0.3, -0.25) is 9.59 Å². The van der Waals surface area contributed by atoms with E-state index in [1.165, 1.54) is 0 Å². The second-order valence-corrected chi connectivity index (χ2v) is 4.16. The van der Waals surface area contributed by atoms with Crippen LogP contribution in [0.5, 0.6) is 0 Å². The van der Waals surface area contributed by atoms with Crippen LogP contribution in [-0.2, 0) is 0 Å². The van der Waals surface area contributed by atoms with Gasteiger partial charge in [0.15, 0.2) is 0 Å². The van der Waals surface area contributed by atoms with Gasteiger partial charge in [-0.1, -0.05) is 18.2 Å². The molecule has 94 valence electrons. The fourth-order valence-electron chi connectivity index (χ4n) is 1.67. The van der Waals surface area contributed by atoms with Gasteiger partial charge in [-0.25, -0.2) is 0 Å². The molecule has 5 heteroatoms. The third kappa shape index (κ3) is 2.57. The van der Waals surface area contributed by atoms with Crippen LogP contribution in [0.4, 0.5) is 0 Å². The smallest absolute Gasteiger partial charge is 0.267 e. The lowest BCUT2D eigenvalue weighted by atomic mass is 10.1. The van der Waals surface area contributed by atoms with E-state index in [4.69, 9.17) is 5.11 Å². The quantitative estimate of drug-likeness (QED) is 0.743. The van der Waals surface area contributed by atoms with E-state index in [0.717, 1.165) is 0 Å². The number of H-pyrrole nitrogens is 1. The molecule has 0 aliphatic rings. The molecule has 0 radical (unpaired) electrons. The van der Waals surface area contributed by atoms with Crippen LogP contribution in [-0.4, -0.2) is 28.6 Å². The zero-order chi connectivity index (χ0) is 13.1.